The maximum atomic E-state index is 2.42. The van der Waals surface area contributed by atoms with Gasteiger partial charge in [-0.2, -0.15) is 11.3 Å². The van der Waals surface area contributed by atoms with Crippen LogP contribution in [0, 0.1) is 6.92 Å². The van der Waals surface area contributed by atoms with Crippen LogP contribution in [0.3, 0.4) is 0 Å². The number of para-hydroxylation sites is 2. The Bertz CT molecular complexity index is 1160. The molecule has 0 amide bonds. The Morgan fingerprint density at radius 1 is 0.870 bits per heavy atom. The van der Waals surface area contributed by atoms with Crippen molar-refractivity contribution in [1.29, 1.82) is 0 Å². The molecule has 5 rings (SSSR count). The standard InChI is InChI=1S/C21H15NS/c1-14-17-7-3-5-9-20(17)22-19-8-4-2-6-15(19)12-18(21(14)22)16-10-11-23-13-16/h2-13H,1H3. The van der Waals surface area contributed by atoms with Crippen molar-refractivity contribution >= 4 is 38.7 Å². The molecule has 0 radical (unpaired) electrons. The lowest BCUT2D eigenvalue weighted by molar-refractivity contribution is 1.32. The van der Waals surface area contributed by atoms with E-state index in [1.54, 1.807) is 11.3 Å². The molecule has 0 bridgehead atoms. The smallest absolute Gasteiger partial charge is 0.0576 e. The quantitative estimate of drug-likeness (QED) is 0.343. The molecule has 0 aliphatic rings. The van der Waals surface area contributed by atoms with Gasteiger partial charge in [-0.05, 0) is 58.5 Å². The first-order valence-corrected chi connectivity index (χ1v) is 8.73. The molecule has 1 nitrogen and oxygen atoms in total. The van der Waals surface area contributed by atoms with Gasteiger partial charge in [0.05, 0.1) is 16.6 Å². The van der Waals surface area contributed by atoms with Gasteiger partial charge in [-0.25, -0.2) is 0 Å². The number of hydrogen-bond donors (Lipinski definition) is 0. The first-order chi connectivity index (χ1) is 11.3. The second-order valence-corrected chi connectivity index (χ2v) is 6.74. The summed E-state index contributed by atoms with van der Waals surface area (Å²) in [7, 11) is 0. The highest BCUT2D eigenvalue weighted by Gasteiger charge is 2.15. The molecule has 0 spiro atoms. The van der Waals surface area contributed by atoms with Crippen molar-refractivity contribution in [2.24, 2.45) is 0 Å². The van der Waals surface area contributed by atoms with E-state index in [-0.39, 0.29) is 0 Å². The minimum atomic E-state index is 1.27. The second-order valence-electron chi connectivity index (χ2n) is 5.96. The average molecular weight is 313 g/mol. The molecular weight excluding hydrogens is 298 g/mol. The summed E-state index contributed by atoms with van der Waals surface area (Å²) in [4.78, 5) is 0. The zero-order chi connectivity index (χ0) is 15.4. The van der Waals surface area contributed by atoms with E-state index in [0.29, 0.717) is 0 Å². The summed E-state index contributed by atoms with van der Waals surface area (Å²) in [6, 6.07) is 21.9. The van der Waals surface area contributed by atoms with Crippen LogP contribution in [-0.4, -0.2) is 4.40 Å². The Labute approximate surface area is 138 Å². The van der Waals surface area contributed by atoms with Crippen LogP contribution >= 0.6 is 11.3 Å². The summed E-state index contributed by atoms with van der Waals surface area (Å²) in [5.74, 6) is 0. The lowest BCUT2D eigenvalue weighted by Gasteiger charge is -2.10. The SMILES string of the molecule is Cc1c2ccccc2n2c1c(-c1ccsc1)cc1ccccc12. The van der Waals surface area contributed by atoms with E-state index >= 15 is 0 Å². The van der Waals surface area contributed by atoms with Crippen molar-refractivity contribution in [3.05, 3.63) is 77.0 Å². The van der Waals surface area contributed by atoms with Crippen molar-refractivity contribution in [3.8, 4) is 11.1 Å². The molecule has 0 unspecified atom stereocenters. The van der Waals surface area contributed by atoms with Crippen molar-refractivity contribution in [2.45, 2.75) is 6.92 Å². The number of fused-ring (bicyclic) bond motifs is 5. The van der Waals surface area contributed by atoms with E-state index in [1.165, 1.54) is 44.0 Å². The van der Waals surface area contributed by atoms with Crippen molar-refractivity contribution < 1.29 is 0 Å². The monoisotopic (exact) mass is 313 g/mol. The molecule has 0 saturated heterocycles. The predicted molar refractivity (Wildman–Crippen MR) is 100 cm³/mol. The van der Waals surface area contributed by atoms with Gasteiger partial charge in [-0.3, -0.25) is 0 Å². The number of thiophene rings is 1. The van der Waals surface area contributed by atoms with Crippen molar-refractivity contribution in [2.75, 3.05) is 0 Å². The molecule has 2 aromatic carbocycles. The van der Waals surface area contributed by atoms with E-state index in [0.717, 1.165) is 0 Å². The molecule has 0 saturated carbocycles. The summed E-state index contributed by atoms with van der Waals surface area (Å²) in [5, 5.41) is 7.00. The first kappa shape index (κ1) is 12.9. The van der Waals surface area contributed by atoms with Gasteiger partial charge in [0.15, 0.2) is 0 Å². The molecule has 3 heterocycles. The van der Waals surface area contributed by atoms with Gasteiger partial charge in [0.2, 0.25) is 0 Å². The number of nitrogens with zero attached hydrogens (tertiary/aromatic N) is 1. The van der Waals surface area contributed by atoms with E-state index in [4.69, 9.17) is 0 Å². The number of pyridine rings is 1. The van der Waals surface area contributed by atoms with Gasteiger partial charge < -0.3 is 4.40 Å². The first-order valence-electron chi connectivity index (χ1n) is 7.78. The van der Waals surface area contributed by atoms with Crippen molar-refractivity contribution in [3.63, 3.8) is 0 Å². The summed E-state index contributed by atoms with van der Waals surface area (Å²) in [5.41, 5.74) is 7.85. The lowest BCUT2D eigenvalue weighted by Crippen LogP contribution is -1.91. The van der Waals surface area contributed by atoms with Gasteiger partial charge in [0.25, 0.3) is 0 Å². The normalized spacial score (nSPS) is 11.7. The van der Waals surface area contributed by atoms with E-state index in [2.05, 4.69) is 82.7 Å². The summed E-state index contributed by atoms with van der Waals surface area (Å²) in [6.45, 7) is 2.24. The van der Waals surface area contributed by atoms with Gasteiger partial charge in [0.1, 0.15) is 0 Å². The van der Waals surface area contributed by atoms with E-state index in [1.807, 2.05) is 0 Å². The minimum absolute atomic E-state index is 1.27. The Morgan fingerprint density at radius 2 is 1.65 bits per heavy atom. The third-order valence-corrected chi connectivity index (χ3v) is 5.38. The summed E-state index contributed by atoms with van der Waals surface area (Å²) >= 11 is 1.75. The Balaban J connectivity index is 2.13. The molecule has 3 aromatic heterocycles. The van der Waals surface area contributed by atoms with Crippen LogP contribution in [0.2, 0.25) is 0 Å². The van der Waals surface area contributed by atoms with Crippen LogP contribution in [0.4, 0.5) is 0 Å². The third-order valence-electron chi connectivity index (χ3n) is 4.69. The Kier molecular flexibility index (Phi) is 2.64. The fraction of sp³-hybridized carbons (Fsp3) is 0.0476. The molecule has 0 fully saturated rings. The Morgan fingerprint density at radius 3 is 2.48 bits per heavy atom. The topological polar surface area (TPSA) is 4.41 Å². The molecule has 0 atom stereocenters. The molecule has 0 aliphatic heterocycles. The van der Waals surface area contributed by atoms with Gasteiger partial charge in [0, 0.05) is 10.9 Å². The molecule has 2 heteroatoms. The highest BCUT2D eigenvalue weighted by molar-refractivity contribution is 7.08. The highest BCUT2D eigenvalue weighted by atomic mass is 32.1. The molecule has 0 N–H and O–H groups in total. The van der Waals surface area contributed by atoms with E-state index in [9.17, 15) is 0 Å². The van der Waals surface area contributed by atoms with Crippen LogP contribution < -0.4 is 0 Å². The Hall–Kier alpha value is -2.58. The lowest BCUT2D eigenvalue weighted by atomic mass is 10.0. The predicted octanol–water partition coefficient (Wildman–Crippen LogP) is 6.28. The van der Waals surface area contributed by atoms with Crippen LogP contribution in [-0.2, 0) is 0 Å². The number of hydrogen-bond acceptors (Lipinski definition) is 1. The third kappa shape index (κ3) is 1.73. The number of rotatable bonds is 1. The number of aromatic nitrogens is 1. The zero-order valence-corrected chi connectivity index (χ0v) is 13.6. The fourth-order valence-corrected chi connectivity index (χ4v) is 4.30. The fourth-order valence-electron chi connectivity index (χ4n) is 3.65. The van der Waals surface area contributed by atoms with Crippen LogP contribution in [0.15, 0.2) is 71.4 Å². The zero-order valence-electron chi connectivity index (χ0n) is 12.8. The van der Waals surface area contributed by atoms with Crippen LogP contribution in [0.1, 0.15) is 5.56 Å². The molecule has 23 heavy (non-hydrogen) atoms. The largest absolute Gasteiger partial charge is 0.308 e. The highest BCUT2D eigenvalue weighted by Crippen LogP contribution is 2.37. The molecule has 5 aromatic rings. The number of benzene rings is 2. The molecule has 110 valence electrons. The second kappa shape index (κ2) is 4.71. The maximum Gasteiger partial charge on any atom is 0.0576 e. The van der Waals surface area contributed by atoms with Gasteiger partial charge in [-0.1, -0.05) is 36.4 Å². The average Bonchev–Trinajstić information content (AvgIpc) is 3.22. The summed E-state index contributed by atoms with van der Waals surface area (Å²) in [6.07, 6.45) is 0. The van der Waals surface area contributed by atoms with Gasteiger partial charge in [-0.15, -0.1) is 0 Å². The molecule has 0 aliphatic carbocycles. The number of aryl methyl sites for hydroxylation is 1. The minimum Gasteiger partial charge on any atom is -0.308 e. The maximum absolute atomic E-state index is 2.42. The van der Waals surface area contributed by atoms with Crippen LogP contribution in [0.5, 0.6) is 0 Å². The summed E-state index contributed by atoms with van der Waals surface area (Å²) < 4.78 is 2.42. The molecular formula is C21H15NS. The van der Waals surface area contributed by atoms with Gasteiger partial charge >= 0.3 is 0 Å². The van der Waals surface area contributed by atoms with Crippen LogP contribution in [0.25, 0.3) is 38.4 Å². The van der Waals surface area contributed by atoms with Crippen molar-refractivity contribution in [1.82, 2.24) is 4.40 Å². The van der Waals surface area contributed by atoms with E-state index < -0.39 is 0 Å².